The first-order chi connectivity index (χ1) is 24.2. The van der Waals surface area contributed by atoms with Crippen LogP contribution in [0.3, 0.4) is 0 Å². The number of phenols is 2. The summed E-state index contributed by atoms with van der Waals surface area (Å²) in [5.74, 6) is -7.27. The molecule has 0 unspecified atom stereocenters. The molecule has 23 heteroatoms. The number of aliphatic carboxylic acids is 1. The highest BCUT2D eigenvalue weighted by Gasteiger charge is 2.54. The lowest BCUT2D eigenvalue weighted by atomic mass is 10.0. The fourth-order valence-corrected chi connectivity index (χ4v) is 8.07. The van der Waals surface area contributed by atoms with Crippen molar-refractivity contribution in [3.8, 4) is 11.5 Å². The monoisotopic (exact) mass is 757 g/mol. The van der Waals surface area contributed by atoms with Crippen molar-refractivity contribution in [3.05, 3.63) is 63.2 Å². The number of aryl methyl sites for hydroxylation is 1. The van der Waals surface area contributed by atoms with Gasteiger partial charge in [0.2, 0.25) is 0 Å². The number of thiazole rings is 1. The second kappa shape index (κ2) is 13.8. The summed E-state index contributed by atoms with van der Waals surface area (Å²) in [4.78, 5) is 80.4. The standard InChI is InChI=1S/C28H23N9O11S3/c1-9-2-15(37-28(30-9)33-20(34-37)26(46)47)49-6-12-7-50-23-17(22(41)36(23)18(12)25(44)45)32-21(40)16(13-8-51-27(29)31-13)35-48-5-11-3-10(24(42)43)4-14(38)19(11)39/h2-4,8,17,23,38-39H,5-7H2,1H3,(H2,29,31)(H,32,40)(H,42,43)(H,44,45)(H,46,47)/b35-16-/t17-,23-/m1/s1. The van der Waals surface area contributed by atoms with E-state index >= 15 is 0 Å². The molecule has 6 rings (SSSR count). The summed E-state index contributed by atoms with van der Waals surface area (Å²) in [5, 5.41) is 60.1. The minimum atomic E-state index is -1.38. The van der Waals surface area contributed by atoms with Gasteiger partial charge in [-0.15, -0.1) is 40.0 Å². The molecule has 2 amide bonds. The van der Waals surface area contributed by atoms with E-state index in [1.54, 1.807) is 13.0 Å². The van der Waals surface area contributed by atoms with Gasteiger partial charge in [0, 0.05) is 28.1 Å². The van der Waals surface area contributed by atoms with Gasteiger partial charge in [-0.05, 0) is 30.7 Å². The van der Waals surface area contributed by atoms with Crippen LogP contribution in [0.4, 0.5) is 5.13 Å². The zero-order chi connectivity index (χ0) is 36.7. The van der Waals surface area contributed by atoms with Crippen molar-refractivity contribution < 1.29 is 54.3 Å². The summed E-state index contributed by atoms with van der Waals surface area (Å²) >= 11 is 3.34. The number of nitrogens with one attached hydrogen (secondary N) is 1. The Morgan fingerprint density at radius 1 is 1.10 bits per heavy atom. The minimum Gasteiger partial charge on any atom is -0.504 e. The molecule has 0 spiro atoms. The number of phenolic OH excluding ortho intramolecular Hbond substituents is 2. The number of β-lactam (4-membered cyclic amide) rings is 1. The average Bonchev–Trinajstić information content (AvgIpc) is 3.71. The quantitative estimate of drug-likeness (QED) is 0.0262. The third-order valence-electron chi connectivity index (χ3n) is 7.30. The van der Waals surface area contributed by atoms with Crippen LogP contribution in [0, 0.1) is 6.92 Å². The Kier molecular flexibility index (Phi) is 9.42. The van der Waals surface area contributed by atoms with Crippen molar-refractivity contribution in [3.63, 3.8) is 0 Å². The minimum absolute atomic E-state index is 0.0324. The number of aromatic hydroxyl groups is 2. The van der Waals surface area contributed by atoms with Crippen molar-refractivity contribution in [1.29, 1.82) is 0 Å². The zero-order valence-corrected chi connectivity index (χ0v) is 28.2. The first-order valence-corrected chi connectivity index (χ1v) is 17.2. The number of hydrogen-bond donors (Lipinski definition) is 7. The van der Waals surface area contributed by atoms with Crippen molar-refractivity contribution in [2.75, 3.05) is 17.2 Å². The maximum Gasteiger partial charge on any atom is 0.375 e. The van der Waals surface area contributed by atoms with Crippen LogP contribution >= 0.6 is 34.9 Å². The second-order valence-electron chi connectivity index (χ2n) is 10.7. The van der Waals surface area contributed by atoms with Crippen LogP contribution in [0.15, 0.2) is 45.0 Å². The molecule has 2 aliphatic rings. The summed E-state index contributed by atoms with van der Waals surface area (Å²) in [7, 11) is 0. The first-order valence-electron chi connectivity index (χ1n) is 14.2. The van der Waals surface area contributed by atoms with Gasteiger partial charge in [-0.1, -0.05) is 5.16 Å². The van der Waals surface area contributed by atoms with E-state index < -0.39 is 70.8 Å². The normalized spacial score (nSPS) is 17.2. The number of carboxylic acid groups (broad SMARTS) is 3. The number of amides is 2. The van der Waals surface area contributed by atoms with E-state index in [-0.39, 0.29) is 44.9 Å². The zero-order valence-electron chi connectivity index (χ0n) is 25.7. The maximum absolute atomic E-state index is 13.5. The lowest BCUT2D eigenvalue weighted by Crippen LogP contribution is -2.71. The fourth-order valence-electron chi connectivity index (χ4n) is 4.99. The smallest absolute Gasteiger partial charge is 0.375 e. The molecule has 0 radical (unpaired) electrons. The number of anilines is 1. The number of oxime groups is 1. The van der Waals surface area contributed by atoms with Gasteiger partial charge in [0.1, 0.15) is 34.4 Å². The van der Waals surface area contributed by atoms with Gasteiger partial charge < -0.3 is 41.4 Å². The number of carbonyl (C=O) groups excluding carboxylic acids is 2. The van der Waals surface area contributed by atoms with Crippen LogP contribution in [0.1, 0.15) is 37.9 Å². The van der Waals surface area contributed by atoms with Crippen molar-refractivity contribution in [2.24, 2.45) is 5.16 Å². The van der Waals surface area contributed by atoms with Crippen molar-refractivity contribution in [2.45, 2.75) is 30.0 Å². The first kappa shape index (κ1) is 34.9. The predicted octanol–water partition coefficient (Wildman–Crippen LogP) is 0.731. The highest BCUT2D eigenvalue weighted by Crippen LogP contribution is 2.42. The van der Waals surface area contributed by atoms with Gasteiger partial charge in [0.05, 0.1) is 5.56 Å². The van der Waals surface area contributed by atoms with Crippen LogP contribution in [0.2, 0.25) is 0 Å². The van der Waals surface area contributed by atoms with Crippen molar-refractivity contribution in [1.82, 2.24) is 34.8 Å². The van der Waals surface area contributed by atoms with E-state index in [0.717, 1.165) is 40.1 Å². The number of hydrogen-bond acceptors (Lipinski definition) is 17. The molecule has 20 nitrogen and oxygen atoms in total. The Morgan fingerprint density at radius 2 is 1.86 bits per heavy atom. The Labute approximate surface area is 296 Å². The summed E-state index contributed by atoms with van der Waals surface area (Å²) < 4.78 is 1.24. The molecule has 8 N–H and O–H groups in total. The molecule has 2 aliphatic heterocycles. The van der Waals surface area contributed by atoms with Crippen LogP contribution in [0.5, 0.6) is 11.5 Å². The lowest BCUT2D eigenvalue weighted by Gasteiger charge is -2.49. The molecule has 0 bridgehead atoms. The van der Waals surface area contributed by atoms with E-state index in [4.69, 9.17) is 10.6 Å². The Hall–Kier alpha value is -5.94. The predicted molar refractivity (Wildman–Crippen MR) is 177 cm³/mol. The molecular formula is C28H23N9O11S3. The summed E-state index contributed by atoms with van der Waals surface area (Å²) in [6.45, 7) is 1.10. The molecule has 51 heavy (non-hydrogen) atoms. The Balaban J connectivity index is 1.19. The van der Waals surface area contributed by atoms with E-state index in [0.29, 0.717) is 16.3 Å². The third-order valence-corrected chi connectivity index (χ3v) is 10.4. The highest BCUT2D eigenvalue weighted by atomic mass is 32.2. The molecule has 0 aliphatic carbocycles. The van der Waals surface area contributed by atoms with Crippen LogP contribution < -0.4 is 11.1 Å². The van der Waals surface area contributed by atoms with Crippen molar-refractivity contribution >= 4 is 81.2 Å². The Morgan fingerprint density at radius 3 is 2.53 bits per heavy atom. The molecule has 1 aromatic carbocycles. The molecular weight excluding hydrogens is 735 g/mol. The van der Waals surface area contributed by atoms with Gasteiger partial charge >= 0.3 is 17.9 Å². The molecule has 264 valence electrons. The number of benzene rings is 1. The number of fused-ring (bicyclic) bond motifs is 2. The number of thioether (sulfide) groups is 2. The van der Waals surface area contributed by atoms with E-state index in [1.807, 2.05) is 0 Å². The number of nitrogens with zero attached hydrogens (tertiary/aromatic N) is 7. The fraction of sp³-hybridized carbons (Fsp3) is 0.214. The average molecular weight is 758 g/mol. The number of carboxylic acids is 3. The van der Waals surface area contributed by atoms with E-state index in [2.05, 4.69) is 30.5 Å². The molecule has 3 aromatic heterocycles. The second-order valence-corrected chi connectivity index (χ2v) is 13.7. The topological polar surface area (TPSA) is 305 Å². The summed E-state index contributed by atoms with van der Waals surface area (Å²) in [6, 6.07) is 2.34. The molecule has 0 saturated carbocycles. The maximum atomic E-state index is 13.5. The largest absolute Gasteiger partial charge is 0.504 e. The highest BCUT2D eigenvalue weighted by molar-refractivity contribution is 8.01. The number of carbonyl (C=O) groups is 5. The number of aromatic carboxylic acids is 2. The number of aromatic nitrogens is 5. The van der Waals surface area contributed by atoms with Gasteiger partial charge in [0.15, 0.2) is 22.3 Å². The Bertz CT molecular complexity index is 2220. The van der Waals surface area contributed by atoms with Gasteiger partial charge in [-0.3, -0.25) is 14.5 Å². The van der Waals surface area contributed by atoms with Gasteiger partial charge in [0.25, 0.3) is 23.4 Å². The molecule has 1 fully saturated rings. The van der Waals surface area contributed by atoms with Crippen LogP contribution in [-0.4, -0.2) is 113 Å². The molecule has 4 aromatic rings. The van der Waals surface area contributed by atoms with Crippen LogP contribution in [-0.2, 0) is 25.8 Å². The number of nitrogens with two attached hydrogens (primary N) is 1. The molecule has 2 atom stereocenters. The van der Waals surface area contributed by atoms with E-state index in [1.165, 1.54) is 21.7 Å². The number of rotatable bonds is 12. The molecule has 1 saturated heterocycles. The van der Waals surface area contributed by atoms with E-state index in [9.17, 15) is 49.5 Å². The summed E-state index contributed by atoms with van der Waals surface area (Å²) in [5.41, 5.74) is 5.42. The lowest BCUT2D eigenvalue weighted by molar-refractivity contribution is -0.150. The van der Waals surface area contributed by atoms with Gasteiger partial charge in [-0.25, -0.2) is 24.4 Å². The number of nitrogen functional groups attached to an aromatic ring is 1. The molecule has 5 heterocycles. The van der Waals surface area contributed by atoms with Gasteiger partial charge in [-0.2, -0.15) is 9.50 Å². The summed E-state index contributed by atoms with van der Waals surface area (Å²) in [6.07, 6.45) is 0. The SMILES string of the molecule is Cc1cc(SCC2=C(C(=O)O)N3C(=O)[C@@H](NC(=O)/C(=N\OCc4cc(C(=O)O)cc(O)c4O)c4csc(N)n4)[C@H]3SC2)n2nc(C(=O)O)nc2n1. The van der Waals surface area contributed by atoms with Crippen LogP contribution in [0.25, 0.3) is 5.78 Å². The third kappa shape index (κ3) is 6.80.